The molecule has 1 aromatic carbocycles. The molecular weight excluding hydrogens is 435 g/mol. The zero-order chi connectivity index (χ0) is 17.5. The van der Waals surface area contributed by atoms with E-state index < -0.39 is 12.0 Å². The van der Waals surface area contributed by atoms with Crippen LogP contribution in [0.1, 0.15) is 22.8 Å². The molecule has 0 radical (unpaired) electrons. The van der Waals surface area contributed by atoms with Gasteiger partial charge in [-0.05, 0) is 30.7 Å². The highest BCUT2D eigenvalue weighted by molar-refractivity contribution is 5.96. The first kappa shape index (κ1) is 20.9. The van der Waals surface area contributed by atoms with E-state index in [-0.39, 0.29) is 48.7 Å². The maximum Gasteiger partial charge on any atom is 0.328 e. The van der Waals surface area contributed by atoms with Crippen LogP contribution in [0.25, 0.3) is 0 Å². The molecule has 1 unspecified atom stereocenters. The largest absolute Gasteiger partial charge is 1.00 e. The number of ether oxygens (including phenoxy) is 1. The molecule has 25 heavy (non-hydrogen) atoms. The van der Waals surface area contributed by atoms with Crippen molar-refractivity contribution in [3.05, 3.63) is 59.9 Å². The summed E-state index contributed by atoms with van der Waals surface area (Å²) in [6.07, 6.45) is 3.78. The normalized spacial score (nSPS) is 11.1. The van der Waals surface area contributed by atoms with Crippen LogP contribution in [0.3, 0.4) is 0 Å². The van der Waals surface area contributed by atoms with Crippen LogP contribution < -0.4 is 33.9 Å². The van der Waals surface area contributed by atoms with Crippen molar-refractivity contribution < 1.29 is 48.0 Å². The number of amides is 1. The molecule has 1 aromatic heterocycles. The Morgan fingerprint density at radius 3 is 2.52 bits per heavy atom. The van der Waals surface area contributed by atoms with Crippen LogP contribution in [0, 0.1) is 0 Å². The molecule has 2 N–H and O–H groups in total. The first-order chi connectivity index (χ1) is 11.5. The third kappa shape index (κ3) is 6.33. The van der Waals surface area contributed by atoms with Gasteiger partial charge in [-0.3, -0.25) is 4.79 Å². The number of aryl methyl sites for hydroxylation is 1. The van der Waals surface area contributed by atoms with E-state index in [1.165, 1.54) is 12.1 Å². The molecule has 1 amide bonds. The van der Waals surface area contributed by atoms with E-state index in [4.69, 9.17) is 4.74 Å². The number of carbonyl (C=O) groups is 2. The van der Waals surface area contributed by atoms with Crippen LogP contribution in [0.15, 0.2) is 48.8 Å². The van der Waals surface area contributed by atoms with Gasteiger partial charge < -0.3 is 39.1 Å². The number of hydrogen-bond donors (Lipinski definition) is 2. The van der Waals surface area contributed by atoms with Crippen LogP contribution >= 0.6 is 0 Å². The fourth-order valence-corrected chi connectivity index (χ4v) is 2.27. The molecule has 134 valence electrons. The zero-order valence-electron chi connectivity index (χ0n) is 14.1. The number of rotatable bonds is 6. The van der Waals surface area contributed by atoms with Crippen LogP contribution in [-0.2, 0) is 23.0 Å². The molecule has 0 aliphatic carbocycles. The number of carbonyl (C=O) groups excluding carboxylic acids is 2. The molecule has 0 aliphatic heterocycles. The number of halogens is 1. The summed E-state index contributed by atoms with van der Waals surface area (Å²) in [6, 6.07) is 9.12. The number of phenolic OH excluding ortho intramolecular Hbond substituents is 1. The highest BCUT2D eigenvalue weighted by Gasteiger charge is 2.24. The van der Waals surface area contributed by atoms with E-state index in [1.807, 2.05) is 13.2 Å². The van der Waals surface area contributed by atoms with Crippen molar-refractivity contribution in [1.82, 2.24) is 5.32 Å². The number of aromatic hydroxyl groups is 1. The van der Waals surface area contributed by atoms with E-state index in [0.29, 0.717) is 5.56 Å². The van der Waals surface area contributed by atoms with Crippen molar-refractivity contribution >= 4 is 11.9 Å². The standard InChI is InChI=1S/C18H20N2O4.HI/c1-3-24-18(23)16(11-13-6-8-15(21)9-7-13)19-17(22)14-5-4-10-20(2)12-14;/h4-10,12,16H,3,11H2,1-2H3,(H-,19,21,22);1H. The molecule has 0 bridgehead atoms. The van der Waals surface area contributed by atoms with Crippen LogP contribution in [0.4, 0.5) is 0 Å². The summed E-state index contributed by atoms with van der Waals surface area (Å²) in [5, 5.41) is 12.1. The molecule has 1 atom stereocenters. The SMILES string of the molecule is CCOC(=O)C(Cc1ccc(O)cc1)NC(=O)c1ccc[n+](C)c1.[I-]. The molecule has 0 aliphatic rings. The zero-order valence-corrected chi connectivity index (χ0v) is 16.3. The number of aromatic nitrogens is 1. The summed E-state index contributed by atoms with van der Waals surface area (Å²) in [6.45, 7) is 1.95. The molecule has 6 nitrogen and oxygen atoms in total. The van der Waals surface area contributed by atoms with Gasteiger partial charge in [0, 0.05) is 12.5 Å². The summed E-state index contributed by atoms with van der Waals surface area (Å²) in [7, 11) is 1.82. The number of esters is 1. The van der Waals surface area contributed by atoms with Gasteiger partial charge in [-0.2, -0.15) is 0 Å². The van der Waals surface area contributed by atoms with Gasteiger partial charge in [0.25, 0.3) is 5.91 Å². The number of nitrogens with one attached hydrogen (secondary N) is 1. The summed E-state index contributed by atoms with van der Waals surface area (Å²) in [5.41, 5.74) is 1.27. The third-order valence-electron chi connectivity index (χ3n) is 3.45. The van der Waals surface area contributed by atoms with E-state index in [1.54, 1.807) is 42.0 Å². The Bertz CT molecular complexity index is 719. The molecule has 7 heteroatoms. The highest BCUT2D eigenvalue weighted by Crippen LogP contribution is 2.12. The minimum Gasteiger partial charge on any atom is -1.00 e. The van der Waals surface area contributed by atoms with Crippen molar-refractivity contribution in [2.45, 2.75) is 19.4 Å². The van der Waals surface area contributed by atoms with Gasteiger partial charge in [0.15, 0.2) is 12.4 Å². The highest BCUT2D eigenvalue weighted by atomic mass is 127. The second kappa shape index (κ2) is 9.97. The molecule has 0 saturated heterocycles. The molecular formula is C18H21IN2O4. The van der Waals surface area contributed by atoms with E-state index >= 15 is 0 Å². The number of phenols is 1. The lowest BCUT2D eigenvalue weighted by Crippen LogP contribution is -3.00. The number of benzene rings is 1. The Morgan fingerprint density at radius 2 is 1.92 bits per heavy atom. The minimum absolute atomic E-state index is 0. The van der Waals surface area contributed by atoms with Gasteiger partial charge in [0.05, 0.1) is 6.61 Å². The third-order valence-corrected chi connectivity index (χ3v) is 3.45. The first-order valence-corrected chi connectivity index (χ1v) is 7.70. The first-order valence-electron chi connectivity index (χ1n) is 7.70. The predicted octanol–water partition coefficient (Wildman–Crippen LogP) is -1.88. The maximum absolute atomic E-state index is 12.4. The molecule has 0 saturated carbocycles. The average molecular weight is 456 g/mol. The Kier molecular flexibility index (Phi) is 8.33. The minimum atomic E-state index is -0.799. The van der Waals surface area contributed by atoms with Gasteiger partial charge in [-0.25, -0.2) is 9.36 Å². The van der Waals surface area contributed by atoms with Crippen LogP contribution in [0.5, 0.6) is 5.75 Å². The van der Waals surface area contributed by atoms with E-state index in [2.05, 4.69) is 5.32 Å². The molecule has 2 rings (SSSR count). The lowest BCUT2D eigenvalue weighted by molar-refractivity contribution is -0.671. The van der Waals surface area contributed by atoms with Crippen LogP contribution in [-0.4, -0.2) is 29.6 Å². The second-order valence-corrected chi connectivity index (χ2v) is 5.41. The molecule has 0 fully saturated rings. The van der Waals surface area contributed by atoms with Gasteiger partial charge in [-0.1, -0.05) is 12.1 Å². The Balaban J connectivity index is 0.00000312. The Labute approximate surface area is 163 Å². The average Bonchev–Trinajstić information content (AvgIpc) is 2.56. The predicted molar refractivity (Wildman–Crippen MR) is 87.3 cm³/mol. The van der Waals surface area contributed by atoms with Gasteiger partial charge >= 0.3 is 5.97 Å². The van der Waals surface area contributed by atoms with E-state index in [9.17, 15) is 14.7 Å². The molecule has 1 heterocycles. The quantitative estimate of drug-likeness (QED) is 0.303. The van der Waals surface area contributed by atoms with Crippen LogP contribution in [0.2, 0.25) is 0 Å². The number of nitrogens with zero attached hydrogens (tertiary/aromatic N) is 1. The lowest BCUT2D eigenvalue weighted by Gasteiger charge is -2.17. The van der Waals surface area contributed by atoms with Gasteiger partial charge in [0.1, 0.15) is 24.4 Å². The molecule has 2 aromatic rings. The van der Waals surface area contributed by atoms with Crippen molar-refractivity contribution in [3.8, 4) is 5.75 Å². The summed E-state index contributed by atoms with van der Waals surface area (Å²) in [4.78, 5) is 24.5. The summed E-state index contributed by atoms with van der Waals surface area (Å²) < 4.78 is 6.81. The fraction of sp³-hybridized carbons (Fsp3) is 0.278. The van der Waals surface area contributed by atoms with Crippen molar-refractivity contribution in [2.75, 3.05) is 6.61 Å². The fourth-order valence-electron chi connectivity index (χ4n) is 2.27. The van der Waals surface area contributed by atoms with Gasteiger partial charge in [-0.15, -0.1) is 0 Å². The summed E-state index contributed by atoms with van der Waals surface area (Å²) >= 11 is 0. The summed E-state index contributed by atoms with van der Waals surface area (Å²) in [5.74, 6) is -0.686. The smallest absolute Gasteiger partial charge is 0.328 e. The molecule has 0 spiro atoms. The Hall–Kier alpha value is -2.16. The van der Waals surface area contributed by atoms with Crippen molar-refractivity contribution in [3.63, 3.8) is 0 Å². The lowest BCUT2D eigenvalue weighted by atomic mass is 10.1. The monoisotopic (exact) mass is 456 g/mol. The van der Waals surface area contributed by atoms with E-state index in [0.717, 1.165) is 5.56 Å². The van der Waals surface area contributed by atoms with Crippen molar-refractivity contribution in [2.24, 2.45) is 7.05 Å². The second-order valence-electron chi connectivity index (χ2n) is 5.41. The topological polar surface area (TPSA) is 79.5 Å². The van der Waals surface area contributed by atoms with Gasteiger partial charge in [0.2, 0.25) is 0 Å². The Morgan fingerprint density at radius 1 is 1.24 bits per heavy atom. The van der Waals surface area contributed by atoms with Crippen molar-refractivity contribution in [1.29, 1.82) is 0 Å². The number of hydrogen-bond acceptors (Lipinski definition) is 4. The number of pyridine rings is 1. The maximum atomic E-state index is 12.4.